The highest BCUT2D eigenvalue weighted by Gasteiger charge is 2.33. The predicted octanol–water partition coefficient (Wildman–Crippen LogP) is 3.83. The minimum Gasteiger partial charge on any atom is -0.331 e. The zero-order valence-electron chi connectivity index (χ0n) is 16.0. The molecule has 1 fully saturated rings. The second-order valence-electron chi connectivity index (χ2n) is 7.16. The van der Waals surface area contributed by atoms with Crippen molar-refractivity contribution in [3.63, 3.8) is 0 Å². The molecule has 1 N–H and O–H groups in total. The van der Waals surface area contributed by atoms with E-state index in [0.29, 0.717) is 12.1 Å². The first-order valence-corrected chi connectivity index (χ1v) is 11.0. The molecule has 1 heterocycles. The maximum absolute atomic E-state index is 13.2. The summed E-state index contributed by atoms with van der Waals surface area (Å²) in [6.07, 6.45) is 5.22. The van der Waals surface area contributed by atoms with Gasteiger partial charge in [0, 0.05) is 36.2 Å². The minimum atomic E-state index is -3.92. The Balaban J connectivity index is 1.57. The highest BCUT2D eigenvalue weighted by atomic mass is 32.2. The van der Waals surface area contributed by atoms with Gasteiger partial charge in [-0.25, -0.2) is 12.8 Å². The number of carbonyl (C=O) groups excluding carboxylic acids is 1. The lowest BCUT2D eigenvalue weighted by Crippen LogP contribution is -2.32. The van der Waals surface area contributed by atoms with Gasteiger partial charge in [-0.2, -0.15) is 0 Å². The Hall–Kier alpha value is -3.26. The minimum absolute atomic E-state index is 0.0302. The van der Waals surface area contributed by atoms with Crippen molar-refractivity contribution in [3.8, 4) is 0 Å². The monoisotopic (exact) mass is 425 g/mol. The van der Waals surface area contributed by atoms with Crippen LogP contribution in [0.25, 0.3) is 0 Å². The summed E-state index contributed by atoms with van der Waals surface area (Å²) in [6.45, 7) is 0.441. The van der Waals surface area contributed by atoms with E-state index in [4.69, 9.17) is 0 Å². The van der Waals surface area contributed by atoms with Crippen LogP contribution in [0.4, 0.5) is 10.1 Å². The number of hydrogen-bond donors (Lipinski definition) is 1. The second-order valence-corrected chi connectivity index (χ2v) is 8.84. The van der Waals surface area contributed by atoms with E-state index in [0.717, 1.165) is 18.4 Å². The van der Waals surface area contributed by atoms with Crippen LogP contribution < -0.4 is 4.72 Å². The normalized spacial score (nSPS) is 13.6. The number of amides is 1. The number of hydrogen-bond acceptors (Lipinski definition) is 4. The van der Waals surface area contributed by atoms with Crippen LogP contribution in [-0.4, -0.2) is 30.3 Å². The number of sulfonamides is 1. The van der Waals surface area contributed by atoms with E-state index >= 15 is 0 Å². The summed E-state index contributed by atoms with van der Waals surface area (Å²) in [5, 5.41) is 0. The van der Waals surface area contributed by atoms with Gasteiger partial charge < -0.3 is 4.90 Å². The maximum Gasteiger partial charge on any atom is 0.261 e. The molecule has 0 spiro atoms. The fourth-order valence-corrected chi connectivity index (χ4v) is 4.24. The smallest absolute Gasteiger partial charge is 0.261 e. The summed E-state index contributed by atoms with van der Waals surface area (Å²) >= 11 is 0. The molecule has 2 aromatic carbocycles. The van der Waals surface area contributed by atoms with Gasteiger partial charge in [-0.15, -0.1) is 0 Å². The average Bonchev–Trinajstić information content (AvgIpc) is 3.59. The molecule has 8 heteroatoms. The van der Waals surface area contributed by atoms with Gasteiger partial charge in [0.1, 0.15) is 5.82 Å². The molecule has 0 bridgehead atoms. The van der Waals surface area contributed by atoms with Crippen molar-refractivity contribution in [1.82, 2.24) is 9.88 Å². The van der Waals surface area contributed by atoms with E-state index in [-0.39, 0.29) is 22.5 Å². The standard InChI is InChI=1S/C22H20FN3O3S/c23-18-4-6-19(7-5-18)25-30(28,29)21-3-1-2-17(14-21)22(27)26(20-8-9-20)15-16-10-12-24-13-11-16/h1-7,10-14,20,25H,8-9,15H2. The second kappa shape index (κ2) is 8.23. The summed E-state index contributed by atoms with van der Waals surface area (Å²) in [5.74, 6) is -0.673. The third-order valence-electron chi connectivity index (χ3n) is 4.84. The molecule has 0 radical (unpaired) electrons. The molecule has 1 aliphatic rings. The molecule has 3 aromatic rings. The molecular weight excluding hydrogens is 405 g/mol. The summed E-state index contributed by atoms with van der Waals surface area (Å²) < 4.78 is 40.9. The summed E-state index contributed by atoms with van der Waals surface area (Å²) in [7, 11) is -3.92. The number of nitrogens with one attached hydrogen (secondary N) is 1. The number of rotatable bonds is 7. The molecule has 154 valence electrons. The van der Waals surface area contributed by atoms with Gasteiger partial charge in [-0.05, 0) is 73.0 Å². The SMILES string of the molecule is O=C(c1cccc(S(=O)(=O)Nc2ccc(F)cc2)c1)N(Cc1ccncc1)C1CC1. The molecule has 1 aliphatic carbocycles. The molecule has 0 saturated heterocycles. The van der Waals surface area contributed by atoms with Crippen molar-refractivity contribution >= 4 is 21.6 Å². The lowest BCUT2D eigenvalue weighted by Gasteiger charge is -2.23. The largest absolute Gasteiger partial charge is 0.331 e. The van der Waals surface area contributed by atoms with Gasteiger partial charge in [0.25, 0.3) is 15.9 Å². The number of pyridine rings is 1. The van der Waals surface area contributed by atoms with Crippen LogP contribution in [0.3, 0.4) is 0 Å². The highest BCUT2D eigenvalue weighted by molar-refractivity contribution is 7.92. The first-order valence-electron chi connectivity index (χ1n) is 9.51. The first kappa shape index (κ1) is 20.0. The highest BCUT2D eigenvalue weighted by Crippen LogP contribution is 2.30. The van der Waals surface area contributed by atoms with Gasteiger partial charge in [0.2, 0.25) is 0 Å². The first-order chi connectivity index (χ1) is 14.4. The van der Waals surface area contributed by atoms with E-state index in [1.807, 2.05) is 12.1 Å². The van der Waals surface area contributed by atoms with Crippen LogP contribution in [0.5, 0.6) is 0 Å². The Morgan fingerprint density at radius 3 is 2.43 bits per heavy atom. The fraction of sp³-hybridized carbons (Fsp3) is 0.182. The van der Waals surface area contributed by atoms with E-state index in [9.17, 15) is 17.6 Å². The van der Waals surface area contributed by atoms with Crippen molar-refractivity contribution in [1.29, 1.82) is 0 Å². The van der Waals surface area contributed by atoms with Crippen LogP contribution in [0.1, 0.15) is 28.8 Å². The number of benzene rings is 2. The Morgan fingerprint density at radius 1 is 1.07 bits per heavy atom. The number of halogens is 1. The lowest BCUT2D eigenvalue weighted by atomic mass is 10.1. The van der Waals surface area contributed by atoms with Gasteiger partial charge in [-0.3, -0.25) is 14.5 Å². The fourth-order valence-electron chi connectivity index (χ4n) is 3.13. The van der Waals surface area contributed by atoms with Gasteiger partial charge in [-0.1, -0.05) is 6.07 Å². The molecule has 6 nitrogen and oxygen atoms in total. The van der Waals surface area contributed by atoms with E-state index < -0.39 is 15.8 Å². The zero-order chi connectivity index (χ0) is 21.1. The Labute approximate surface area is 174 Å². The molecule has 4 rings (SSSR count). The Kier molecular flexibility index (Phi) is 5.50. The topological polar surface area (TPSA) is 79.4 Å². The van der Waals surface area contributed by atoms with Crippen LogP contribution in [0.15, 0.2) is 78.0 Å². The maximum atomic E-state index is 13.2. The van der Waals surface area contributed by atoms with E-state index in [2.05, 4.69) is 9.71 Å². The average molecular weight is 425 g/mol. The molecule has 0 aliphatic heterocycles. The summed E-state index contributed by atoms with van der Waals surface area (Å²) in [5.41, 5.74) is 1.51. The van der Waals surface area contributed by atoms with Crippen LogP contribution in [0, 0.1) is 5.82 Å². The van der Waals surface area contributed by atoms with Crippen LogP contribution in [-0.2, 0) is 16.6 Å². The van der Waals surface area contributed by atoms with Crippen molar-refractivity contribution < 1.29 is 17.6 Å². The third-order valence-corrected chi connectivity index (χ3v) is 6.22. The van der Waals surface area contributed by atoms with Crippen molar-refractivity contribution in [2.24, 2.45) is 0 Å². The van der Waals surface area contributed by atoms with Gasteiger partial charge in [0.05, 0.1) is 4.90 Å². The molecule has 1 amide bonds. The van der Waals surface area contributed by atoms with E-state index in [1.165, 1.54) is 36.4 Å². The van der Waals surface area contributed by atoms with Gasteiger partial charge in [0.15, 0.2) is 0 Å². The number of anilines is 1. The van der Waals surface area contributed by atoms with Crippen molar-refractivity contribution in [2.45, 2.75) is 30.3 Å². The number of carbonyl (C=O) groups is 1. The molecule has 0 atom stereocenters. The number of nitrogens with zero attached hydrogens (tertiary/aromatic N) is 2. The Morgan fingerprint density at radius 2 is 1.77 bits per heavy atom. The van der Waals surface area contributed by atoms with Gasteiger partial charge >= 0.3 is 0 Å². The van der Waals surface area contributed by atoms with Crippen LogP contribution >= 0.6 is 0 Å². The molecule has 1 aromatic heterocycles. The molecular formula is C22H20FN3O3S. The quantitative estimate of drug-likeness (QED) is 0.624. The number of aromatic nitrogens is 1. The molecule has 0 unspecified atom stereocenters. The summed E-state index contributed by atoms with van der Waals surface area (Å²) in [4.78, 5) is 18.9. The zero-order valence-corrected chi connectivity index (χ0v) is 16.8. The molecule has 1 saturated carbocycles. The molecule has 30 heavy (non-hydrogen) atoms. The van der Waals surface area contributed by atoms with Crippen LogP contribution in [0.2, 0.25) is 0 Å². The van der Waals surface area contributed by atoms with Crippen molar-refractivity contribution in [2.75, 3.05) is 4.72 Å². The third kappa shape index (κ3) is 4.65. The van der Waals surface area contributed by atoms with E-state index in [1.54, 1.807) is 29.4 Å². The summed E-state index contributed by atoms with van der Waals surface area (Å²) in [6, 6.07) is 14.8. The lowest BCUT2D eigenvalue weighted by molar-refractivity contribution is 0.0729. The van der Waals surface area contributed by atoms with Crippen molar-refractivity contribution in [3.05, 3.63) is 90.0 Å². The Bertz CT molecular complexity index is 1150. The predicted molar refractivity (Wildman–Crippen MR) is 111 cm³/mol.